The second-order valence-corrected chi connectivity index (χ2v) is 9.72. The van der Waals surface area contributed by atoms with E-state index in [0.29, 0.717) is 6.04 Å². The lowest BCUT2D eigenvalue weighted by atomic mass is 9.88. The number of thiophene rings is 1. The predicted octanol–water partition coefficient (Wildman–Crippen LogP) is 6.01. The number of thioether (sulfide) groups is 1. The van der Waals surface area contributed by atoms with Crippen LogP contribution < -0.4 is 4.74 Å². The molecule has 0 fully saturated rings. The van der Waals surface area contributed by atoms with Gasteiger partial charge in [-0.2, -0.15) is 0 Å². The third kappa shape index (κ3) is 3.85. The molecule has 0 aliphatic heterocycles. The molecule has 2 aromatic heterocycles. The van der Waals surface area contributed by atoms with Crippen molar-refractivity contribution in [3.63, 3.8) is 0 Å². The van der Waals surface area contributed by atoms with Crippen LogP contribution in [0.4, 0.5) is 0 Å². The van der Waals surface area contributed by atoms with Crippen LogP contribution in [0.15, 0.2) is 34.8 Å². The van der Waals surface area contributed by atoms with Crippen LogP contribution in [0.5, 0.6) is 5.75 Å². The Labute approximate surface area is 175 Å². The van der Waals surface area contributed by atoms with E-state index in [-0.39, 0.29) is 0 Å². The van der Waals surface area contributed by atoms with Crippen molar-refractivity contribution in [2.75, 3.05) is 7.11 Å². The van der Waals surface area contributed by atoms with Crippen LogP contribution >= 0.6 is 23.1 Å². The molecule has 4 rings (SSSR count). The van der Waals surface area contributed by atoms with E-state index in [1.54, 1.807) is 18.9 Å². The summed E-state index contributed by atoms with van der Waals surface area (Å²) in [4.78, 5) is 1.54. The van der Waals surface area contributed by atoms with Crippen molar-refractivity contribution in [2.24, 2.45) is 5.92 Å². The first-order valence-corrected chi connectivity index (χ1v) is 11.7. The van der Waals surface area contributed by atoms with E-state index in [2.05, 4.69) is 53.0 Å². The predicted molar refractivity (Wildman–Crippen MR) is 117 cm³/mol. The van der Waals surface area contributed by atoms with Crippen LogP contribution in [0.1, 0.15) is 49.2 Å². The number of fused-ring (bicyclic) bond motifs is 1. The van der Waals surface area contributed by atoms with Gasteiger partial charge >= 0.3 is 0 Å². The number of rotatable bonds is 6. The maximum atomic E-state index is 5.34. The highest BCUT2D eigenvalue weighted by molar-refractivity contribution is 7.98. The zero-order valence-electron chi connectivity index (χ0n) is 16.9. The molecular weight excluding hydrogens is 386 g/mol. The van der Waals surface area contributed by atoms with E-state index in [9.17, 15) is 0 Å². The summed E-state index contributed by atoms with van der Waals surface area (Å²) < 4.78 is 7.64. The molecule has 4 nitrogen and oxygen atoms in total. The van der Waals surface area contributed by atoms with Gasteiger partial charge in [0, 0.05) is 27.6 Å². The zero-order valence-corrected chi connectivity index (χ0v) is 18.6. The normalized spacial score (nSPS) is 16.4. The van der Waals surface area contributed by atoms with Gasteiger partial charge in [-0.05, 0) is 62.3 Å². The summed E-state index contributed by atoms with van der Waals surface area (Å²) in [5.41, 5.74) is 4.02. The van der Waals surface area contributed by atoms with E-state index in [0.717, 1.165) is 34.8 Å². The second kappa shape index (κ2) is 8.29. The number of aromatic nitrogens is 3. The molecule has 1 unspecified atom stereocenters. The summed E-state index contributed by atoms with van der Waals surface area (Å²) >= 11 is 3.63. The van der Waals surface area contributed by atoms with Gasteiger partial charge in [0.2, 0.25) is 0 Å². The van der Waals surface area contributed by atoms with Gasteiger partial charge in [0.1, 0.15) is 5.75 Å². The minimum atomic E-state index is 0.316. The number of hydrogen-bond acceptors (Lipinski definition) is 5. The Morgan fingerprint density at radius 2 is 2.18 bits per heavy atom. The summed E-state index contributed by atoms with van der Waals surface area (Å²) in [6.07, 6.45) is 3.63. The highest BCUT2D eigenvalue weighted by atomic mass is 32.2. The van der Waals surface area contributed by atoms with Crippen LogP contribution in [-0.2, 0) is 18.6 Å². The van der Waals surface area contributed by atoms with Crippen LogP contribution in [0.25, 0.3) is 11.4 Å². The van der Waals surface area contributed by atoms with Gasteiger partial charge in [0.25, 0.3) is 0 Å². The lowest BCUT2D eigenvalue weighted by Crippen LogP contribution is -2.10. The fraction of sp³-hybridized carbons (Fsp3) is 0.455. The zero-order chi connectivity index (χ0) is 19.7. The van der Waals surface area contributed by atoms with Gasteiger partial charge < -0.3 is 4.74 Å². The quantitative estimate of drug-likeness (QED) is 0.464. The minimum absolute atomic E-state index is 0.316. The molecule has 1 atom stereocenters. The molecule has 0 saturated carbocycles. The Kier molecular flexibility index (Phi) is 5.78. The molecular formula is C22H27N3OS2. The number of nitrogens with zero attached hydrogens (tertiary/aromatic N) is 3. The van der Waals surface area contributed by atoms with Crippen molar-refractivity contribution in [3.8, 4) is 17.1 Å². The first kappa shape index (κ1) is 19.5. The Hall–Kier alpha value is -1.79. The fourth-order valence-electron chi connectivity index (χ4n) is 3.80. The van der Waals surface area contributed by atoms with E-state index in [1.165, 1.54) is 34.4 Å². The average Bonchev–Trinajstić information content (AvgIpc) is 3.29. The first-order chi connectivity index (χ1) is 13.6. The molecule has 28 heavy (non-hydrogen) atoms. The molecule has 0 saturated heterocycles. The molecule has 0 spiro atoms. The minimum Gasteiger partial charge on any atom is -0.497 e. The molecule has 0 radical (unpaired) electrons. The molecule has 148 valence electrons. The SMILES string of the molecule is COc1cccc(CSc2nnc(-c3csc4c3CCC(C)C4)n2C(C)C)c1. The average molecular weight is 414 g/mol. The number of methoxy groups -OCH3 is 1. The number of ether oxygens (including phenoxy) is 1. The Morgan fingerprint density at radius 1 is 1.32 bits per heavy atom. The fourth-order valence-corrected chi connectivity index (χ4v) is 6.05. The first-order valence-electron chi connectivity index (χ1n) is 9.87. The molecule has 0 amide bonds. The Morgan fingerprint density at radius 3 is 2.96 bits per heavy atom. The third-order valence-electron chi connectivity index (χ3n) is 5.33. The largest absolute Gasteiger partial charge is 0.497 e. The summed E-state index contributed by atoms with van der Waals surface area (Å²) in [7, 11) is 1.70. The van der Waals surface area contributed by atoms with Gasteiger partial charge in [0.15, 0.2) is 11.0 Å². The molecule has 1 aromatic carbocycles. The van der Waals surface area contributed by atoms with E-state index in [1.807, 2.05) is 23.5 Å². The molecule has 6 heteroatoms. The molecule has 2 heterocycles. The monoisotopic (exact) mass is 413 g/mol. The summed E-state index contributed by atoms with van der Waals surface area (Å²) in [5, 5.41) is 12.5. The van der Waals surface area contributed by atoms with Gasteiger partial charge in [-0.1, -0.05) is 30.8 Å². The van der Waals surface area contributed by atoms with Crippen LogP contribution in [0.2, 0.25) is 0 Å². The highest BCUT2D eigenvalue weighted by Crippen LogP contribution is 2.39. The summed E-state index contributed by atoms with van der Waals surface area (Å²) in [6, 6.07) is 8.54. The Bertz CT molecular complexity index is 961. The molecule has 3 aromatic rings. The van der Waals surface area contributed by atoms with Gasteiger partial charge in [0.05, 0.1) is 7.11 Å². The molecule has 0 bridgehead atoms. The van der Waals surface area contributed by atoms with Crippen LogP contribution in [0, 0.1) is 5.92 Å². The second-order valence-electron chi connectivity index (χ2n) is 7.81. The topological polar surface area (TPSA) is 39.9 Å². The van der Waals surface area contributed by atoms with E-state index < -0.39 is 0 Å². The van der Waals surface area contributed by atoms with Crippen molar-refractivity contribution in [3.05, 3.63) is 45.6 Å². The Balaban J connectivity index is 1.61. The van der Waals surface area contributed by atoms with Gasteiger partial charge in [-0.25, -0.2) is 0 Å². The van der Waals surface area contributed by atoms with Crippen molar-refractivity contribution >= 4 is 23.1 Å². The summed E-state index contributed by atoms with van der Waals surface area (Å²) in [5.74, 6) is 3.55. The van der Waals surface area contributed by atoms with Crippen molar-refractivity contribution in [2.45, 2.75) is 57.0 Å². The van der Waals surface area contributed by atoms with E-state index in [4.69, 9.17) is 4.74 Å². The molecule has 1 aliphatic rings. The summed E-state index contributed by atoms with van der Waals surface area (Å²) in [6.45, 7) is 6.78. The third-order valence-corrected chi connectivity index (χ3v) is 7.39. The van der Waals surface area contributed by atoms with Crippen molar-refractivity contribution < 1.29 is 4.74 Å². The lowest BCUT2D eigenvalue weighted by molar-refractivity contribution is 0.414. The number of benzene rings is 1. The molecule has 1 aliphatic carbocycles. The van der Waals surface area contributed by atoms with Crippen molar-refractivity contribution in [1.29, 1.82) is 0 Å². The smallest absolute Gasteiger partial charge is 0.192 e. The van der Waals surface area contributed by atoms with Crippen molar-refractivity contribution in [1.82, 2.24) is 14.8 Å². The molecule has 0 N–H and O–H groups in total. The standard InChI is InChI=1S/C22H27N3OS2/c1-14(2)25-21(19-13-27-20-10-15(3)8-9-18(19)20)23-24-22(25)28-12-16-6-5-7-17(11-16)26-4/h5-7,11,13-15H,8-10,12H2,1-4H3. The maximum Gasteiger partial charge on any atom is 0.192 e. The number of hydrogen-bond donors (Lipinski definition) is 0. The maximum absolute atomic E-state index is 5.34. The highest BCUT2D eigenvalue weighted by Gasteiger charge is 2.25. The van der Waals surface area contributed by atoms with Crippen LogP contribution in [-0.4, -0.2) is 21.9 Å². The van der Waals surface area contributed by atoms with E-state index >= 15 is 0 Å². The van der Waals surface area contributed by atoms with Gasteiger partial charge in [-0.3, -0.25) is 4.57 Å². The van der Waals surface area contributed by atoms with Crippen LogP contribution in [0.3, 0.4) is 0 Å². The lowest BCUT2D eigenvalue weighted by Gasteiger charge is -2.19. The van der Waals surface area contributed by atoms with Gasteiger partial charge in [-0.15, -0.1) is 21.5 Å².